The highest BCUT2D eigenvalue weighted by Gasteiger charge is 2.24. The molecule has 8 heteroatoms. The lowest BCUT2D eigenvalue weighted by Crippen LogP contribution is -2.26. The second-order valence-corrected chi connectivity index (χ2v) is 6.43. The minimum absolute atomic E-state index is 0.0302. The van der Waals surface area contributed by atoms with Crippen molar-refractivity contribution in [3.8, 4) is 17.0 Å². The molecule has 0 bridgehead atoms. The fourth-order valence-electron chi connectivity index (χ4n) is 2.68. The first-order valence-electron chi connectivity index (χ1n) is 7.64. The van der Waals surface area contributed by atoms with E-state index in [2.05, 4.69) is 15.6 Å². The van der Waals surface area contributed by atoms with Gasteiger partial charge in [0.1, 0.15) is 11.9 Å². The van der Waals surface area contributed by atoms with E-state index in [1.807, 2.05) is 17.5 Å². The number of nitrogens with zero attached hydrogens (tertiary/aromatic N) is 1. The lowest BCUT2D eigenvalue weighted by atomic mass is 10.1. The first-order chi connectivity index (χ1) is 11.7. The zero-order valence-electron chi connectivity index (χ0n) is 12.7. The standard InChI is InChI=1S/C16H15N3O4S/c20-14-7-23-12-4-3-9(6-10(12)17-14)11-8-24-16(18-11)19-15(21)13-2-1-5-22-13/h3-4,6,8,13H,1-2,5,7H2,(H,17,20)(H,18,19,21)/t13-/m1/s1. The maximum absolute atomic E-state index is 12.1. The molecule has 24 heavy (non-hydrogen) atoms. The molecule has 1 fully saturated rings. The lowest BCUT2D eigenvalue weighted by molar-refractivity contribution is -0.124. The molecule has 2 aliphatic heterocycles. The molecule has 0 saturated carbocycles. The Labute approximate surface area is 142 Å². The van der Waals surface area contributed by atoms with Crippen LogP contribution >= 0.6 is 11.3 Å². The van der Waals surface area contributed by atoms with Crippen LogP contribution in [0.2, 0.25) is 0 Å². The number of carbonyl (C=O) groups is 2. The SMILES string of the molecule is O=C1COc2ccc(-c3csc(NC(=O)[C@H]4CCCO4)n3)cc2N1. The Morgan fingerprint density at radius 2 is 2.33 bits per heavy atom. The molecular formula is C16H15N3O4S. The molecule has 1 aromatic heterocycles. The molecule has 7 nitrogen and oxygen atoms in total. The third-order valence-electron chi connectivity index (χ3n) is 3.86. The third-order valence-corrected chi connectivity index (χ3v) is 4.62. The summed E-state index contributed by atoms with van der Waals surface area (Å²) < 4.78 is 10.7. The zero-order chi connectivity index (χ0) is 16.5. The van der Waals surface area contributed by atoms with Gasteiger partial charge in [-0.05, 0) is 31.0 Å². The summed E-state index contributed by atoms with van der Waals surface area (Å²) in [6.07, 6.45) is 1.27. The molecule has 0 unspecified atom stereocenters. The van der Waals surface area contributed by atoms with Crippen LogP contribution in [0, 0.1) is 0 Å². The Kier molecular flexibility index (Phi) is 3.91. The average molecular weight is 345 g/mol. The van der Waals surface area contributed by atoms with Crippen LogP contribution in [0.25, 0.3) is 11.3 Å². The lowest BCUT2D eigenvalue weighted by Gasteiger charge is -2.18. The Morgan fingerprint density at radius 1 is 1.42 bits per heavy atom. The van der Waals surface area contributed by atoms with Gasteiger partial charge in [0.15, 0.2) is 11.7 Å². The summed E-state index contributed by atoms with van der Waals surface area (Å²) >= 11 is 1.35. The molecule has 0 spiro atoms. The first-order valence-corrected chi connectivity index (χ1v) is 8.52. The van der Waals surface area contributed by atoms with E-state index in [0.29, 0.717) is 23.2 Å². The number of anilines is 2. The fraction of sp³-hybridized carbons (Fsp3) is 0.312. The molecule has 2 aliphatic rings. The minimum Gasteiger partial charge on any atom is -0.482 e. The van der Waals surface area contributed by atoms with Gasteiger partial charge in [-0.3, -0.25) is 14.9 Å². The van der Waals surface area contributed by atoms with Gasteiger partial charge in [0, 0.05) is 17.6 Å². The molecule has 1 saturated heterocycles. The number of thiazole rings is 1. The van der Waals surface area contributed by atoms with E-state index in [4.69, 9.17) is 9.47 Å². The molecule has 2 aromatic rings. The maximum Gasteiger partial charge on any atom is 0.262 e. The van der Waals surface area contributed by atoms with Gasteiger partial charge in [-0.2, -0.15) is 0 Å². The first kappa shape index (κ1) is 15.1. The van der Waals surface area contributed by atoms with E-state index >= 15 is 0 Å². The average Bonchev–Trinajstić information content (AvgIpc) is 3.26. The topological polar surface area (TPSA) is 89.5 Å². The van der Waals surface area contributed by atoms with Crippen LogP contribution in [0.15, 0.2) is 23.6 Å². The predicted octanol–water partition coefficient (Wildman–Crippen LogP) is 2.26. The smallest absolute Gasteiger partial charge is 0.262 e. The van der Waals surface area contributed by atoms with Crippen molar-refractivity contribution in [3.05, 3.63) is 23.6 Å². The largest absolute Gasteiger partial charge is 0.482 e. The quantitative estimate of drug-likeness (QED) is 0.891. The summed E-state index contributed by atoms with van der Waals surface area (Å²) in [5.41, 5.74) is 2.19. The van der Waals surface area contributed by atoms with Gasteiger partial charge in [0.2, 0.25) is 0 Å². The van der Waals surface area contributed by atoms with Crippen LogP contribution in [0.1, 0.15) is 12.8 Å². The van der Waals surface area contributed by atoms with Crippen LogP contribution in [0.4, 0.5) is 10.8 Å². The summed E-state index contributed by atoms with van der Waals surface area (Å²) in [4.78, 5) is 27.9. The predicted molar refractivity (Wildman–Crippen MR) is 89.3 cm³/mol. The van der Waals surface area contributed by atoms with Crippen LogP contribution < -0.4 is 15.4 Å². The Balaban J connectivity index is 1.51. The molecule has 1 aromatic carbocycles. The van der Waals surface area contributed by atoms with Crippen molar-refractivity contribution in [1.29, 1.82) is 0 Å². The van der Waals surface area contributed by atoms with Crippen molar-refractivity contribution in [3.63, 3.8) is 0 Å². The second kappa shape index (κ2) is 6.21. The van der Waals surface area contributed by atoms with Crippen molar-refractivity contribution >= 4 is 34.0 Å². The molecule has 124 valence electrons. The summed E-state index contributed by atoms with van der Waals surface area (Å²) in [6.45, 7) is 0.659. The maximum atomic E-state index is 12.1. The van der Waals surface area contributed by atoms with Gasteiger partial charge >= 0.3 is 0 Å². The highest BCUT2D eigenvalue weighted by atomic mass is 32.1. The molecule has 4 rings (SSSR count). The Morgan fingerprint density at radius 3 is 3.17 bits per heavy atom. The van der Waals surface area contributed by atoms with Crippen molar-refractivity contribution < 1.29 is 19.1 Å². The molecule has 0 aliphatic carbocycles. The number of benzene rings is 1. The third kappa shape index (κ3) is 2.98. The van der Waals surface area contributed by atoms with E-state index < -0.39 is 0 Å². The molecule has 2 amide bonds. The van der Waals surface area contributed by atoms with Crippen LogP contribution in [0.5, 0.6) is 5.75 Å². The normalized spacial score (nSPS) is 19.3. The van der Waals surface area contributed by atoms with Gasteiger partial charge in [0.05, 0.1) is 11.4 Å². The van der Waals surface area contributed by atoms with Gasteiger partial charge in [-0.1, -0.05) is 0 Å². The van der Waals surface area contributed by atoms with E-state index in [-0.39, 0.29) is 24.5 Å². The zero-order valence-corrected chi connectivity index (χ0v) is 13.5. The van der Waals surface area contributed by atoms with Gasteiger partial charge < -0.3 is 14.8 Å². The number of ether oxygens (including phenoxy) is 2. The number of amides is 2. The van der Waals surface area contributed by atoms with Crippen molar-refractivity contribution in [1.82, 2.24) is 4.98 Å². The summed E-state index contributed by atoms with van der Waals surface area (Å²) in [5.74, 6) is 0.308. The summed E-state index contributed by atoms with van der Waals surface area (Å²) in [5, 5.41) is 7.95. The molecule has 3 heterocycles. The summed E-state index contributed by atoms with van der Waals surface area (Å²) in [7, 11) is 0. The summed E-state index contributed by atoms with van der Waals surface area (Å²) in [6, 6.07) is 5.48. The highest BCUT2D eigenvalue weighted by molar-refractivity contribution is 7.14. The van der Waals surface area contributed by atoms with Gasteiger partial charge in [0.25, 0.3) is 11.8 Å². The van der Waals surface area contributed by atoms with Crippen molar-refractivity contribution in [2.75, 3.05) is 23.8 Å². The monoisotopic (exact) mass is 345 g/mol. The molecule has 2 N–H and O–H groups in total. The minimum atomic E-state index is -0.381. The highest BCUT2D eigenvalue weighted by Crippen LogP contribution is 2.33. The number of carbonyl (C=O) groups excluding carboxylic acids is 2. The van der Waals surface area contributed by atoms with Crippen molar-refractivity contribution in [2.45, 2.75) is 18.9 Å². The van der Waals surface area contributed by atoms with E-state index in [0.717, 1.165) is 24.1 Å². The second-order valence-electron chi connectivity index (χ2n) is 5.58. The van der Waals surface area contributed by atoms with Gasteiger partial charge in [-0.25, -0.2) is 4.98 Å². The van der Waals surface area contributed by atoms with Gasteiger partial charge in [-0.15, -0.1) is 11.3 Å². The fourth-order valence-corrected chi connectivity index (χ4v) is 3.40. The van der Waals surface area contributed by atoms with Crippen molar-refractivity contribution in [2.24, 2.45) is 0 Å². The Bertz CT molecular complexity index is 798. The number of hydrogen-bond acceptors (Lipinski definition) is 6. The Hall–Kier alpha value is -2.45. The molecule has 1 atom stereocenters. The van der Waals surface area contributed by atoms with Crippen LogP contribution in [-0.4, -0.2) is 36.1 Å². The van der Waals surface area contributed by atoms with E-state index in [1.165, 1.54) is 11.3 Å². The molecule has 0 radical (unpaired) electrons. The van der Waals surface area contributed by atoms with E-state index in [1.54, 1.807) is 6.07 Å². The number of aromatic nitrogens is 1. The van der Waals surface area contributed by atoms with Crippen LogP contribution in [0.3, 0.4) is 0 Å². The molecular weight excluding hydrogens is 330 g/mol. The number of rotatable bonds is 3. The van der Waals surface area contributed by atoms with E-state index in [9.17, 15) is 9.59 Å². The number of hydrogen-bond donors (Lipinski definition) is 2. The number of nitrogens with one attached hydrogen (secondary N) is 2. The van der Waals surface area contributed by atoms with Crippen LogP contribution in [-0.2, 0) is 14.3 Å². The number of fused-ring (bicyclic) bond motifs is 1.